The summed E-state index contributed by atoms with van der Waals surface area (Å²) >= 11 is 0. The van der Waals surface area contributed by atoms with Crippen molar-refractivity contribution in [3.05, 3.63) is 78.4 Å². The van der Waals surface area contributed by atoms with Gasteiger partial charge in [-0.05, 0) is 29.7 Å². The molecule has 0 radical (unpaired) electrons. The minimum atomic E-state index is 0.191. The molecule has 3 aromatic rings. The number of hydrogen-bond acceptors (Lipinski definition) is 3. The van der Waals surface area contributed by atoms with Gasteiger partial charge >= 0.3 is 0 Å². The summed E-state index contributed by atoms with van der Waals surface area (Å²) < 4.78 is 2.11. The molecule has 3 rings (SSSR count). The normalized spacial score (nSPS) is 12.2. The van der Waals surface area contributed by atoms with Crippen molar-refractivity contribution in [2.24, 2.45) is 0 Å². The van der Waals surface area contributed by atoms with Gasteiger partial charge in [0.25, 0.3) is 0 Å². The van der Waals surface area contributed by atoms with E-state index in [4.69, 9.17) is 11.5 Å². The Morgan fingerprint density at radius 2 is 1.81 bits per heavy atom. The van der Waals surface area contributed by atoms with E-state index in [1.807, 2.05) is 36.8 Å². The molecule has 0 aliphatic rings. The molecule has 4 nitrogen and oxygen atoms in total. The van der Waals surface area contributed by atoms with E-state index in [1.165, 1.54) is 5.56 Å². The molecule has 4 heteroatoms. The Labute approximate surface area is 124 Å². The molecule has 1 atom stereocenters. The van der Waals surface area contributed by atoms with Gasteiger partial charge in [-0.1, -0.05) is 36.4 Å². The zero-order chi connectivity index (χ0) is 14.7. The standard InChI is InChI=1S/C17H18N4/c18-15-7-6-13(10-16(15)19)11-17(21-9-8-20-12-21)14-4-2-1-3-5-14/h1-10,12,17H,11,18-19H2. The maximum absolute atomic E-state index is 5.91. The lowest BCUT2D eigenvalue weighted by Gasteiger charge is -2.19. The Kier molecular flexibility index (Phi) is 3.60. The molecular weight excluding hydrogens is 260 g/mol. The third-order valence-corrected chi connectivity index (χ3v) is 3.65. The molecule has 1 unspecified atom stereocenters. The molecule has 1 aromatic heterocycles. The van der Waals surface area contributed by atoms with Gasteiger partial charge in [0.2, 0.25) is 0 Å². The fourth-order valence-electron chi connectivity index (χ4n) is 2.50. The van der Waals surface area contributed by atoms with Crippen LogP contribution in [-0.2, 0) is 6.42 Å². The molecule has 0 saturated carbocycles. The third-order valence-electron chi connectivity index (χ3n) is 3.65. The molecule has 4 N–H and O–H groups in total. The van der Waals surface area contributed by atoms with Gasteiger partial charge in [0, 0.05) is 12.4 Å². The second-order valence-corrected chi connectivity index (χ2v) is 5.10. The van der Waals surface area contributed by atoms with Gasteiger partial charge in [0.05, 0.1) is 23.7 Å². The van der Waals surface area contributed by atoms with Crippen molar-refractivity contribution in [1.29, 1.82) is 0 Å². The van der Waals surface area contributed by atoms with Crippen molar-refractivity contribution in [3.8, 4) is 0 Å². The van der Waals surface area contributed by atoms with Gasteiger partial charge in [-0.25, -0.2) is 4.98 Å². The van der Waals surface area contributed by atoms with Crippen molar-refractivity contribution >= 4 is 11.4 Å². The van der Waals surface area contributed by atoms with E-state index in [-0.39, 0.29) is 6.04 Å². The number of nitrogen functional groups attached to an aromatic ring is 2. The summed E-state index contributed by atoms with van der Waals surface area (Å²) in [5.41, 5.74) is 15.3. The predicted molar refractivity (Wildman–Crippen MR) is 85.8 cm³/mol. The van der Waals surface area contributed by atoms with E-state index >= 15 is 0 Å². The first-order valence-electron chi connectivity index (χ1n) is 6.90. The number of rotatable bonds is 4. The first-order chi connectivity index (χ1) is 10.2. The van der Waals surface area contributed by atoms with Crippen LogP contribution in [0.3, 0.4) is 0 Å². The number of anilines is 2. The van der Waals surface area contributed by atoms with Crippen LogP contribution in [0.25, 0.3) is 0 Å². The molecule has 0 bridgehead atoms. The number of imidazole rings is 1. The van der Waals surface area contributed by atoms with E-state index in [2.05, 4.69) is 33.8 Å². The zero-order valence-corrected chi connectivity index (χ0v) is 11.7. The van der Waals surface area contributed by atoms with E-state index in [1.54, 1.807) is 6.20 Å². The first kappa shape index (κ1) is 13.2. The lowest BCUT2D eigenvalue weighted by molar-refractivity contribution is 0.581. The Hall–Kier alpha value is -2.75. The predicted octanol–water partition coefficient (Wildman–Crippen LogP) is 2.88. The van der Waals surface area contributed by atoms with E-state index in [9.17, 15) is 0 Å². The molecule has 0 amide bonds. The minimum Gasteiger partial charge on any atom is -0.397 e. The van der Waals surface area contributed by atoms with Crippen molar-refractivity contribution in [3.63, 3.8) is 0 Å². The summed E-state index contributed by atoms with van der Waals surface area (Å²) in [7, 11) is 0. The van der Waals surface area contributed by atoms with Gasteiger partial charge in [-0.15, -0.1) is 0 Å². The summed E-state index contributed by atoms with van der Waals surface area (Å²) in [6.45, 7) is 0. The second-order valence-electron chi connectivity index (χ2n) is 5.10. The topological polar surface area (TPSA) is 69.9 Å². The van der Waals surface area contributed by atoms with Gasteiger partial charge in [-0.2, -0.15) is 0 Å². The Morgan fingerprint density at radius 1 is 1.00 bits per heavy atom. The zero-order valence-electron chi connectivity index (χ0n) is 11.7. The maximum Gasteiger partial charge on any atom is 0.0951 e. The first-order valence-corrected chi connectivity index (χ1v) is 6.90. The van der Waals surface area contributed by atoms with Gasteiger partial charge in [0.15, 0.2) is 0 Å². The van der Waals surface area contributed by atoms with Crippen LogP contribution >= 0.6 is 0 Å². The number of nitrogens with zero attached hydrogens (tertiary/aromatic N) is 2. The molecule has 0 fully saturated rings. The highest BCUT2D eigenvalue weighted by Crippen LogP contribution is 2.25. The van der Waals surface area contributed by atoms with Crippen LogP contribution in [0.1, 0.15) is 17.2 Å². The maximum atomic E-state index is 5.91. The Morgan fingerprint density at radius 3 is 2.48 bits per heavy atom. The lowest BCUT2D eigenvalue weighted by atomic mass is 9.98. The summed E-state index contributed by atoms with van der Waals surface area (Å²) in [6.07, 6.45) is 6.47. The molecule has 21 heavy (non-hydrogen) atoms. The van der Waals surface area contributed by atoms with Crippen molar-refractivity contribution in [2.45, 2.75) is 12.5 Å². The van der Waals surface area contributed by atoms with Gasteiger partial charge in [0.1, 0.15) is 0 Å². The average Bonchev–Trinajstić information content (AvgIpc) is 3.03. The Balaban J connectivity index is 1.95. The number of hydrogen-bond donors (Lipinski definition) is 2. The van der Waals surface area contributed by atoms with Crippen molar-refractivity contribution < 1.29 is 0 Å². The fourth-order valence-corrected chi connectivity index (χ4v) is 2.50. The minimum absolute atomic E-state index is 0.191. The van der Waals surface area contributed by atoms with Crippen LogP contribution in [-0.4, -0.2) is 9.55 Å². The number of aromatic nitrogens is 2. The van der Waals surface area contributed by atoms with Gasteiger partial charge in [-0.3, -0.25) is 0 Å². The van der Waals surface area contributed by atoms with Crippen LogP contribution in [0, 0.1) is 0 Å². The average molecular weight is 278 g/mol. The molecular formula is C17H18N4. The van der Waals surface area contributed by atoms with Crippen molar-refractivity contribution in [2.75, 3.05) is 11.5 Å². The van der Waals surface area contributed by atoms with Crippen LogP contribution < -0.4 is 11.5 Å². The van der Waals surface area contributed by atoms with Crippen LogP contribution in [0.5, 0.6) is 0 Å². The largest absolute Gasteiger partial charge is 0.397 e. The quantitative estimate of drug-likeness (QED) is 0.721. The van der Waals surface area contributed by atoms with Crippen LogP contribution in [0.15, 0.2) is 67.3 Å². The number of nitrogens with two attached hydrogens (primary N) is 2. The molecule has 0 spiro atoms. The molecule has 0 saturated heterocycles. The summed E-state index contributed by atoms with van der Waals surface area (Å²) in [5.74, 6) is 0. The molecule has 0 aliphatic carbocycles. The summed E-state index contributed by atoms with van der Waals surface area (Å²) in [5, 5.41) is 0. The van der Waals surface area contributed by atoms with E-state index in [0.29, 0.717) is 11.4 Å². The third kappa shape index (κ3) is 2.89. The monoisotopic (exact) mass is 278 g/mol. The second kappa shape index (κ2) is 5.71. The molecule has 2 aromatic carbocycles. The van der Waals surface area contributed by atoms with Crippen LogP contribution in [0.4, 0.5) is 11.4 Å². The summed E-state index contributed by atoms with van der Waals surface area (Å²) in [6, 6.07) is 16.4. The van der Waals surface area contributed by atoms with Crippen molar-refractivity contribution in [1.82, 2.24) is 9.55 Å². The number of benzene rings is 2. The molecule has 0 aliphatic heterocycles. The van der Waals surface area contributed by atoms with Crippen LogP contribution in [0.2, 0.25) is 0 Å². The fraction of sp³-hybridized carbons (Fsp3) is 0.118. The van der Waals surface area contributed by atoms with Gasteiger partial charge < -0.3 is 16.0 Å². The Bertz CT molecular complexity index is 705. The molecule has 1 heterocycles. The smallest absolute Gasteiger partial charge is 0.0951 e. The highest BCUT2D eigenvalue weighted by molar-refractivity contribution is 5.63. The van der Waals surface area contributed by atoms with E-state index in [0.717, 1.165) is 12.0 Å². The molecule has 106 valence electrons. The lowest BCUT2D eigenvalue weighted by Crippen LogP contribution is -2.12. The highest BCUT2D eigenvalue weighted by Gasteiger charge is 2.14. The highest BCUT2D eigenvalue weighted by atomic mass is 15.0. The SMILES string of the molecule is Nc1ccc(CC(c2ccccc2)n2ccnc2)cc1N. The summed E-state index contributed by atoms with van der Waals surface area (Å²) in [4.78, 5) is 4.16. The van der Waals surface area contributed by atoms with E-state index < -0.39 is 0 Å².